The zero-order valence-corrected chi connectivity index (χ0v) is 14.2. The van der Waals surface area contributed by atoms with Gasteiger partial charge in [0.05, 0.1) is 5.56 Å². The van der Waals surface area contributed by atoms with E-state index in [4.69, 9.17) is 0 Å². The summed E-state index contributed by atoms with van der Waals surface area (Å²) in [5.74, 6) is -2.69. The fourth-order valence-corrected chi connectivity index (χ4v) is 2.27. The molecule has 1 aromatic rings. The van der Waals surface area contributed by atoms with Crippen molar-refractivity contribution >= 4 is 23.5 Å². The summed E-state index contributed by atoms with van der Waals surface area (Å²) >= 11 is 0. The van der Waals surface area contributed by atoms with Gasteiger partial charge in [-0.15, -0.1) is 0 Å². The lowest BCUT2D eigenvalue weighted by molar-refractivity contribution is -0.157. The molecule has 0 radical (unpaired) electrons. The van der Waals surface area contributed by atoms with Gasteiger partial charge >= 0.3 is 12.1 Å². The van der Waals surface area contributed by atoms with Crippen molar-refractivity contribution in [1.82, 2.24) is 5.48 Å². The topological polar surface area (TPSA) is 75.7 Å². The summed E-state index contributed by atoms with van der Waals surface area (Å²) in [6, 6.07) is 2.93. The molecule has 0 aromatic heterocycles. The molecule has 0 aliphatic heterocycles. The van der Waals surface area contributed by atoms with Crippen LogP contribution in [0.15, 0.2) is 24.3 Å². The van der Waals surface area contributed by atoms with Crippen molar-refractivity contribution in [3.8, 4) is 0 Å². The maximum atomic E-state index is 12.9. The van der Waals surface area contributed by atoms with Crippen LogP contribution in [0.5, 0.6) is 0 Å². The summed E-state index contributed by atoms with van der Waals surface area (Å²) in [6.07, 6.45) is -4.59. The predicted octanol–water partition coefficient (Wildman–Crippen LogP) is 2.68. The highest BCUT2D eigenvalue weighted by Crippen LogP contribution is 2.32. The number of hydrogen-bond acceptors (Lipinski definition) is 4. The third-order valence-electron chi connectivity index (χ3n) is 3.26. The summed E-state index contributed by atoms with van der Waals surface area (Å²) in [6.45, 7) is 5.43. The first-order chi connectivity index (χ1) is 11.4. The number of nitrogens with one attached hydrogen (secondary N) is 1. The fourth-order valence-electron chi connectivity index (χ4n) is 2.27. The molecule has 0 bridgehead atoms. The zero-order valence-electron chi connectivity index (χ0n) is 14.2. The average Bonchev–Trinajstić information content (AvgIpc) is 2.48. The standard InChI is InChI=1S/C16H19F3N2O4/c1-9(2)14(15(24)20-25-11(4)23)21(10(3)22)13-7-5-6-12(8-13)16(17,18)19/h5-9,14H,1-4H3,(H,20,24). The number of hydrogen-bond donors (Lipinski definition) is 1. The van der Waals surface area contributed by atoms with Gasteiger partial charge in [-0.1, -0.05) is 19.9 Å². The molecule has 6 nitrogen and oxygen atoms in total. The Balaban J connectivity index is 3.29. The van der Waals surface area contributed by atoms with Crippen molar-refractivity contribution in [3.63, 3.8) is 0 Å². The van der Waals surface area contributed by atoms with Crippen LogP contribution in [0.25, 0.3) is 0 Å². The number of nitrogens with zero attached hydrogens (tertiary/aromatic N) is 1. The second kappa shape index (κ2) is 8.00. The summed E-state index contributed by atoms with van der Waals surface area (Å²) in [5, 5.41) is 0. The number of alkyl halides is 3. The lowest BCUT2D eigenvalue weighted by Gasteiger charge is -2.32. The molecule has 1 unspecified atom stereocenters. The van der Waals surface area contributed by atoms with Crippen LogP contribution in [0.2, 0.25) is 0 Å². The van der Waals surface area contributed by atoms with Crippen LogP contribution in [-0.4, -0.2) is 23.8 Å². The number of carbonyl (C=O) groups is 3. The molecule has 1 atom stereocenters. The van der Waals surface area contributed by atoms with E-state index in [0.717, 1.165) is 36.9 Å². The number of rotatable bonds is 4. The van der Waals surface area contributed by atoms with E-state index in [1.165, 1.54) is 6.07 Å². The third-order valence-corrected chi connectivity index (χ3v) is 3.26. The normalized spacial score (nSPS) is 12.5. The van der Waals surface area contributed by atoms with Crippen molar-refractivity contribution in [2.45, 2.75) is 39.9 Å². The molecule has 9 heteroatoms. The highest BCUT2D eigenvalue weighted by Gasteiger charge is 2.35. The van der Waals surface area contributed by atoms with E-state index in [2.05, 4.69) is 4.84 Å². The van der Waals surface area contributed by atoms with Gasteiger partial charge in [0.1, 0.15) is 6.04 Å². The van der Waals surface area contributed by atoms with E-state index < -0.39 is 41.5 Å². The molecule has 0 aliphatic rings. The second-order valence-corrected chi connectivity index (χ2v) is 5.69. The van der Waals surface area contributed by atoms with E-state index in [0.29, 0.717) is 0 Å². The number of amides is 2. The number of carbonyl (C=O) groups excluding carboxylic acids is 3. The molecule has 0 heterocycles. The van der Waals surface area contributed by atoms with Crippen LogP contribution in [0.3, 0.4) is 0 Å². The van der Waals surface area contributed by atoms with Gasteiger partial charge in [-0.3, -0.25) is 19.3 Å². The molecule has 0 saturated carbocycles. The SMILES string of the molecule is CC(=O)ONC(=O)C(C(C)C)N(C(C)=O)c1cccc(C(F)(F)F)c1. The van der Waals surface area contributed by atoms with Gasteiger partial charge in [-0.05, 0) is 24.1 Å². The molecule has 138 valence electrons. The largest absolute Gasteiger partial charge is 0.416 e. The summed E-state index contributed by atoms with van der Waals surface area (Å²) in [5.41, 5.74) is 0.879. The lowest BCUT2D eigenvalue weighted by atomic mass is 10.0. The molecule has 2 amide bonds. The Bertz CT molecular complexity index is 659. The molecule has 25 heavy (non-hydrogen) atoms. The molecule has 0 saturated heterocycles. The van der Waals surface area contributed by atoms with E-state index in [1.807, 2.05) is 5.48 Å². The van der Waals surface area contributed by atoms with Gasteiger partial charge < -0.3 is 4.84 Å². The maximum absolute atomic E-state index is 12.9. The van der Waals surface area contributed by atoms with Crippen LogP contribution in [0.4, 0.5) is 18.9 Å². The Labute approximate surface area is 142 Å². The van der Waals surface area contributed by atoms with Crippen molar-refractivity contribution in [3.05, 3.63) is 29.8 Å². The number of halogens is 3. The van der Waals surface area contributed by atoms with Crippen LogP contribution in [0.1, 0.15) is 33.3 Å². The molecule has 0 fully saturated rings. The van der Waals surface area contributed by atoms with Crippen LogP contribution in [0, 0.1) is 5.92 Å². The average molecular weight is 360 g/mol. The minimum Gasteiger partial charge on any atom is -0.341 e. The fraction of sp³-hybridized carbons (Fsp3) is 0.438. The van der Waals surface area contributed by atoms with Crippen molar-refractivity contribution in [2.24, 2.45) is 5.92 Å². The van der Waals surface area contributed by atoms with Crippen LogP contribution >= 0.6 is 0 Å². The molecular weight excluding hydrogens is 341 g/mol. The monoisotopic (exact) mass is 360 g/mol. The zero-order chi connectivity index (χ0) is 19.4. The van der Waals surface area contributed by atoms with Gasteiger partial charge in [0.25, 0.3) is 5.91 Å². The first-order valence-corrected chi connectivity index (χ1v) is 7.39. The first-order valence-electron chi connectivity index (χ1n) is 7.39. The predicted molar refractivity (Wildman–Crippen MR) is 83.1 cm³/mol. The highest BCUT2D eigenvalue weighted by molar-refractivity contribution is 5.99. The Morgan fingerprint density at radius 2 is 1.76 bits per heavy atom. The van der Waals surface area contributed by atoms with Crippen LogP contribution in [-0.2, 0) is 25.4 Å². The van der Waals surface area contributed by atoms with E-state index in [1.54, 1.807) is 13.8 Å². The number of hydroxylamine groups is 1. The summed E-state index contributed by atoms with van der Waals surface area (Å²) in [4.78, 5) is 40.5. The van der Waals surface area contributed by atoms with Gasteiger partial charge in [0.15, 0.2) is 0 Å². The van der Waals surface area contributed by atoms with E-state index in [-0.39, 0.29) is 5.69 Å². The Kier molecular flexibility index (Phi) is 6.55. The van der Waals surface area contributed by atoms with Gasteiger partial charge in [0.2, 0.25) is 5.91 Å². The minimum atomic E-state index is -4.59. The van der Waals surface area contributed by atoms with E-state index >= 15 is 0 Å². The highest BCUT2D eigenvalue weighted by atomic mass is 19.4. The summed E-state index contributed by atoms with van der Waals surface area (Å²) < 4.78 is 38.8. The molecule has 1 rings (SSSR count). The second-order valence-electron chi connectivity index (χ2n) is 5.69. The molecule has 0 aliphatic carbocycles. The molecular formula is C16H19F3N2O4. The van der Waals surface area contributed by atoms with Gasteiger partial charge in [-0.25, -0.2) is 0 Å². The van der Waals surface area contributed by atoms with Crippen molar-refractivity contribution < 1.29 is 32.4 Å². The Hall–Kier alpha value is -2.58. The van der Waals surface area contributed by atoms with E-state index in [9.17, 15) is 27.6 Å². The maximum Gasteiger partial charge on any atom is 0.416 e. The van der Waals surface area contributed by atoms with Crippen molar-refractivity contribution in [2.75, 3.05) is 4.90 Å². The molecule has 1 aromatic carbocycles. The van der Waals surface area contributed by atoms with Gasteiger partial charge in [0, 0.05) is 19.5 Å². The van der Waals surface area contributed by atoms with Crippen molar-refractivity contribution in [1.29, 1.82) is 0 Å². The third kappa shape index (κ3) is 5.47. The Morgan fingerprint density at radius 1 is 1.16 bits per heavy atom. The molecule has 1 N–H and O–H groups in total. The quantitative estimate of drug-likeness (QED) is 0.838. The smallest absolute Gasteiger partial charge is 0.341 e. The van der Waals surface area contributed by atoms with Gasteiger partial charge in [-0.2, -0.15) is 18.7 Å². The lowest BCUT2D eigenvalue weighted by Crippen LogP contribution is -2.52. The first kappa shape index (κ1) is 20.5. The molecule has 0 spiro atoms. The summed E-state index contributed by atoms with van der Waals surface area (Å²) in [7, 11) is 0. The number of anilines is 1. The minimum absolute atomic E-state index is 0.0843. The number of benzene rings is 1. The van der Waals surface area contributed by atoms with Crippen LogP contribution < -0.4 is 10.4 Å². The Morgan fingerprint density at radius 3 is 2.20 bits per heavy atom.